The molecule has 4 aromatic rings. The highest BCUT2D eigenvalue weighted by molar-refractivity contribution is 6.01. The largest absolute Gasteiger partial charge is 0.348 e. The molecule has 3 heterocycles. The van der Waals surface area contributed by atoms with Gasteiger partial charge in [0.05, 0.1) is 16.6 Å². The quantitative estimate of drug-likeness (QED) is 0.479. The van der Waals surface area contributed by atoms with E-state index in [1.165, 1.54) is 13.3 Å². The summed E-state index contributed by atoms with van der Waals surface area (Å²) in [4.78, 5) is 31.9. The second kappa shape index (κ2) is 5.95. The molecule has 1 spiro atoms. The summed E-state index contributed by atoms with van der Waals surface area (Å²) in [6.45, 7) is 2.19. The number of amides is 2. The van der Waals surface area contributed by atoms with E-state index in [1.54, 1.807) is 0 Å². The van der Waals surface area contributed by atoms with Gasteiger partial charge in [0.2, 0.25) is 5.91 Å². The van der Waals surface area contributed by atoms with Gasteiger partial charge in [0, 0.05) is 35.6 Å². The van der Waals surface area contributed by atoms with Crippen molar-refractivity contribution >= 4 is 39.4 Å². The van der Waals surface area contributed by atoms with Crippen molar-refractivity contribution in [2.24, 2.45) is 0 Å². The number of nitrogens with zero attached hydrogens (tertiary/aromatic N) is 2. The van der Waals surface area contributed by atoms with Gasteiger partial charge in [-0.05, 0) is 49.6 Å². The van der Waals surface area contributed by atoms with Gasteiger partial charge >= 0.3 is 0 Å². The van der Waals surface area contributed by atoms with E-state index in [4.69, 9.17) is 4.98 Å². The normalized spacial score (nSPS) is 17.0. The summed E-state index contributed by atoms with van der Waals surface area (Å²) in [5.41, 5.74) is 5.24. The number of aromatic amines is 1. The molecule has 150 valence electrons. The van der Waals surface area contributed by atoms with E-state index < -0.39 is 0 Å². The molecule has 6 rings (SSSR count). The number of anilines is 1. The average Bonchev–Trinajstić information content (AvgIpc) is 3.28. The molecule has 3 N–H and O–H groups in total. The minimum Gasteiger partial charge on any atom is -0.348 e. The van der Waals surface area contributed by atoms with Crippen molar-refractivity contribution in [1.29, 1.82) is 0 Å². The molecular formula is C23H21N5O2. The zero-order valence-electron chi connectivity index (χ0n) is 16.6. The number of imidazole rings is 1. The molecule has 1 aliphatic carbocycles. The lowest BCUT2D eigenvalue weighted by molar-refractivity contribution is -0.114. The third kappa shape index (κ3) is 2.41. The fourth-order valence-corrected chi connectivity index (χ4v) is 4.85. The maximum atomic E-state index is 12.5. The maximum absolute atomic E-state index is 12.5. The molecular weight excluding hydrogens is 378 g/mol. The third-order valence-corrected chi connectivity index (χ3v) is 6.45. The van der Waals surface area contributed by atoms with Crippen molar-refractivity contribution < 1.29 is 9.59 Å². The number of benzene rings is 2. The molecule has 7 heteroatoms. The Hall–Kier alpha value is -3.61. The molecule has 2 aliphatic rings. The molecule has 1 aliphatic heterocycles. The lowest BCUT2D eigenvalue weighted by Gasteiger charge is -2.47. The van der Waals surface area contributed by atoms with Gasteiger partial charge in [-0.25, -0.2) is 4.98 Å². The summed E-state index contributed by atoms with van der Waals surface area (Å²) in [5, 5.41) is 6.94. The van der Waals surface area contributed by atoms with Gasteiger partial charge in [0.25, 0.3) is 5.91 Å². The van der Waals surface area contributed by atoms with Gasteiger partial charge < -0.3 is 20.2 Å². The van der Waals surface area contributed by atoms with E-state index in [0.29, 0.717) is 6.54 Å². The van der Waals surface area contributed by atoms with Crippen LogP contribution in [0.4, 0.5) is 5.69 Å². The smallest absolute Gasteiger partial charge is 0.268 e. The second-order valence-electron chi connectivity index (χ2n) is 8.40. The molecule has 0 radical (unpaired) electrons. The monoisotopic (exact) mass is 399 g/mol. The fraction of sp³-hybridized carbons (Fsp3) is 0.261. The first-order valence-electron chi connectivity index (χ1n) is 10.2. The number of fused-ring (bicyclic) bond motifs is 5. The van der Waals surface area contributed by atoms with Crippen molar-refractivity contribution in [2.45, 2.75) is 31.7 Å². The van der Waals surface area contributed by atoms with Crippen LogP contribution in [0.25, 0.3) is 33.3 Å². The zero-order valence-corrected chi connectivity index (χ0v) is 16.6. The topological polar surface area (TPSA) is 91.8 Å². The minimum atomic E-state index is -0.105. The summed E-state index contributed by atoms with van der Waals surface area (Å²) >= 11 is 0. The van der Waals surface area contributed by atoms with Crippen LogP contribution in [0, 0.1) is 0 Å². The van der Waals surface area contributed by atoms with Gasteiger partial charge in [-0.2, -0.15) is 0 Å². The molecule has 1 fully saturated rings. The molecule has 0 bridgehead atoms. The number of aromatic nitrogens is 3. The van der Waals surface area contributed by atoms with Gasteiger partial charge in [-0.3, -0.25) is 9.59 Å². The highest BCUT2D eigenvalue weighted by Gasteiger charge is 2.44. The Balaban J connectivity index is 1.48. The Kier molecular flexibility index (Phi) is 3.42. The second-order valence-corrected chi connectivity index (χ2v) is 8.40. The number of carbonyl (C=O) groups is 2. The van der Waals surface area contributed by atoms with E-state index in [-0.39, 0.29) is 17.4 Å². The lowest BCUT2D eigenvalue weighted by Crippen LogP contribution is -2.55. The van der Waals surface area contributed by atoms with Crippen molar-refractivity contribution in [3.05, 3.63) is 48.2 Å². The highest BCUT2D eigenvalue weighted by atomic mass is 16.2. The molecule has 0 unspecified atom stereocenters. The number of rotatable bonds is 2. The molecule has 0 saturated heterocycles. The number of nitrogens with one attached hydrogen (secondary N) is 3. The first-order valence-corrected chi connectivity index (χ1v) is 10.2. The van der Waals surface area contributed by atoms with Crippen LogP contribution in [-0.2, 0) is 10.3 Å². The first kappa shape index (κ1) is 17.3. The Bertz CT molecular complexity index is 1360. The van der Waals surface area contributed by atoms with Crippen LogP contribution in [0.5, 0.6) is 0 Å². The summed E-state index contributed by atoms with van der Waals surface area (Å²) in [7, 11) is 0. The number of carbonyl (C=O) groups excluding carboxylic acids is 2. The summed E-state index contributed by atoms with van der Waals surface area (Å²) in [6, 6.07) is 13.8. The number of hydrogen-bond donors (Lipinski definition) is 3. The van der Waals surface area contributed by atoms with Crippen LogP contribution < -0.4 is 10.6 Å². The van der Waals surface area contributed by atoms with Crippen LogP contribution in [0.1, 0.15) is 36.7 Å². The number of H-pyrrole nitrogens is 1. The standard InChI is InChI=1S/C23H21N5O2/c1-13(29)25-16-5-6-17-18(11-16)27-21(26-17)15-4-3-14-9-20-22(30)24-12-23(7-2-8-23)28(20)19(14)10-15/h3-6,9-11H,2,7-8,12H2,1H3,(H,24,30)(H,25,29)(H,26,27). The van der Waals surface area contributed by atoms with E-state index in [2.05, 4.69) is 32.3 Å². The third-order valence-electron chi connectivity index (χ3n) is 6.45. The van der Waals surface area contributed by atoms with Crippen molar-refractivity contribution in [1.82, 2.24) is 19.9 Å². The molecule has 0 atom stereocenters. The van der Waals surface area contributed by atoms with E-state index in [9.17, 15) is 9.59 Å². The van der Waals surface area contributed by atoms with Crippen molar-refractivity contribution in [3.8, 4) is 11.4 Å². The Morgan fingerprint density at radius 1 is 1.17 bits per heavy atom. The minimum absolute atomic E-state index is 0.000451. The van der Waals surface area contributed by atoms with Crippen molar-refractivity contribution in [3.63, 3.8) is 0 Å². The van der Waals surface area contributed by atoms with Gasteiger partial charge in [0.1, 0.15) is 11.5 Å². The summed E-state index contributed by atoms with van der Waals surface area (Å²) in [5.74, 6) is 0.663. The van der Waals surface area contributed by atoms with Crippen LogP contribution in [-0.4, -0.2) is 32.9 Å². The van der Waals surface area contributed by atoms with Gasteiger partial charge in [-0.15, -0.1) is 0 Å². The van der Waals surface area contributed by atoms with E-state index in [1.807, 2.05) is 30.3 Å². The molecule has 1 saturated carbocycles. The average molecular weight is 399 g/mol. The Morgan fingerprint density at radius 2 is 2.03 bits per heavy atom. The first-order chi connectivity index (χ1) is 14.5. The maximum Gasteiger partial charge on any atom is 0.268 e. The molecule has 2 aromatic carbocycles. The Labute approximate surface area is 172 Å². The predicted octanol–water partition coefficient (Wildman–Crippen LogP) is 3.77. The van der Waals surface area contributed by atoms with Gasteiger partial charge in [-0.1, -0.05) is 12.1 Å². The van der Waals surface area contributed by atoms with Crippen LogP contribution in [0.2, 0.25) is 0 Å². The van der Waals surface area contributed by atoms with Crippen LogP contribution in [0.15, 0.2) is 42.5 Å². The van der Waals surface area contributed by atoms with Gasteiger partial charge in [0.15, 0.2) is 0 Å². The molecule has 2 amide bonds. The predicted molar refractivity (Wildman–Crippen MR) is 115 cm³/mol. The van der Waals surface area contributed by atoms with Crippen LogP contribution >= 0.6 is 0 Å². The molecule has 2 aromatic heterocycles. The van der Waals surface area contributed by atoms with Crippen LogP contribution in [0.3, 0.4) is 0 Å². The Morgan fingerprint density at radius 3 is 2.80 bits per heavy atom. The highest BCUT2D eigenvalue weighted by Crippen LogP contribution is 2.44. The van der Waals surface area contributed by atoms with E-state index in [0.717, 1.165) is 57.5 Å². The summed E-state index contributed by atoms with van der Waals surface area (Å²) < 4.78 is 2.26. The lowest BCUT2D eigenvalue weighted by atomic mass is 9.75. The van der Waals surface area contributed by atoms with E-state index >= 15 is 0 Å². The molecule has 30 heavy (non-hydrogen) atoms. The SMILES string of the molecule is CC(=O)Nc1ccc2nc(-c3ccc4cc5n(c4c3)C3(CCC3)CNC5=O)[nH]c2c1. The van der Waals surface area contributed by atoms with Crippen molar-refractivity contribution in [2.75, 3.05) is 11.9 Å². The fourth-order valence-electron chi connectivity index (χ4n) is 4.85. The molecule has 7 nitrogen and oxygen atoms in total. The number of hydrogen-bond acceptors (Lipinski definition) is 3. The summed E-state index contributed by atoms with van der Waals surface area (Å²) in [6.07, 6.45) is 3.37. The zero-order chi connectivity index (χ0) is 20.5.